The van der Waals surface area contributed by atoms with Crippen LogP contribution in [-0.2, 0) is 11.3 Å². The summed E-state index contributed by atoms with van der Waals surface area (Å²) in [5.41, 5.74) is 1.90. The third-order valence-corrected chi connectivity index (χ3v) is 4.23. The van der Waals surface area contributed by atoms with Gasteiger partial charge < -0.3 is 5.11 Å². The van der Waals surface area contributed by atoms with Gasteiger partial charge >= 0.3 is 5.97 Å². The van der Waals surface area contributed by atoms with Crippen molar-refractivity contribution in [2.45, 2.75) is 37.4 Å². The molecule has 1 aliphatic rings. The molecule has 21 heavy (non-hydrogen) atoms. The molecular weight excluding hydrogens is 288 g/mol. The van der Waals surface area contributed by atoms with E-state index in [0.29, 0.717) is 17.6 Å². The first-order chi connectivity index (χ1) is 10.1. The summed E-state index contributed by atoms with van der Waals surface area (Å²) in [5.74, 6) is 0.549. The Bertz CT molecular complexity index is 667. The number of rotatable bonds is 6. The average Bonchev–Trinajstić information content (AvgIpc) is 3.20. The zero-order chi connectivity index (χ0) is 14.8. The maximum atomic E-state index is 10.7. The normalized spacial score (nSPS) is 14.3. The molecule has 0 saturated heterocycles. The highest BCUT2D eigenvalue weighted by Gasteiger charge is 2.30. The molecule has 6 nitrogen and oxygen atoms in total. The fraction of sp³-hybridized carbons (Fsp3) is 0.429. The van der Waals surface area contributed by atoms with Gasteiger partial charge in [-0.1, -0.05) is 17.8 Å². The van der Waals surface area contributed by atoms with Gasteiger partial charge in [0.2, 0.25) is 0 Å². The van der Waals surface area contributed by atoms with E-state index in [1.807, 2.05) is 29.7 Å². The van der Waals surface area contributed by atoms with Gasteiger partial charge in [-0.3, -0.25) is 14.3 Å². The van der Waals surface area contributed by atoms with Crippen molar-refractivity contribution in [3.8, 4) is 0 Å². The largest absolute Gasteiger partial charge is 0.481 e. The Kier molecular flexibility index (Phi) is 3.92. The van der Waals surface area contributed by atoms with Gasteiger partial charge in [0.25, 0.3) is 0 Å². The van der Waals surface area contributed by atoms with E-state index in [1.54, 1.807) is 0 Å². The van der Waals surface area contributed by atoms with Crippen LogP contribution in [0, 0.1) is 6.92 Å². The number of nitrogens with zero attached hydrogens (tertiary/aromatic N) is 4. The summed E-state index contributed by atoms with van der Waals surface area (Å²) in [7, 11) is 0. The number of carboxylic acids is 1. The molecule has 1 aliphatic carbocycles. The maximum absolute atomic E-state index is 10.7. The summed E-state index contributed by atoms with van der Waals surface area (Å²) < 4.78 is 2.01. The number of hydrogen-bond acceptors (Lipinski definition) is 5. The molecule has 2 aromatic rings. The van der Waals surface area contributed by atoms with Crippen molar-refractivity contribution in [1.29, 1.82) is 0 Å². The number of pyridine rings is 1. The zero-order valence-corrected chi connectivity index (χ0v) is 12.5. The van der Waals surface area contributed by atoms with Gasteiger partial charge in [0.05, 0.1) is 18.0 Å². The smallest absolute Gasteiger partial charge is 0.313 e. The molecule has 0 bridgehead atoms. The SMILES string of the molecule is Cc1cccc(Cn2c(SCC(=O)O)nnc2C2CC2)n1. The zero-order valence-electron chi connectivity index (χ0n) is 11.7. The van der Waals surface area contributed by atoms with Crippen molar-refractivity contribution >= 4 is 17.7 Å². The summed E-state index contributed by atoms with van der Waals surface area (Å²) in [6.07, 6.45) is 2.26. The average molecular weight is 304 g/mol. The highest BCUT2D eigenvalue weighted by Crippen LogP contribution is 2.40. The van der Waals surface area contributed by atoms with E-state index in [2.05, 4.69) is 15.2 Å². The van der Waals surface area contributed by atoms with E-state index in [-0.39, 0.29) is 5.75 Å². The van der Waals surface area contributed by atoms with Crippen LogP contribution in [-0.4, -0.2) is 36.6 Å². The Hall–Kier alpha value is -1.89. The molecule has 1 saturated carbocycles. The lowest BCUT2D eigenvalue weighted by Gasteiger charge is -2.09. The molecule has 110 valence electrons. The minimum Gasteiger partial charge on any atom is -0.481 e. The van der Waals surface area contributed by atoms with Crippen molar-refractivity contribution in [1.82, 2.24) is 19.7 Å². The van der Waals surface area contributed by atoms with E-state index in [0.717, 1.165) is 30.1 Å². The predicted octanol–water partition coefficient (Wildman–Crippen LogP) is 2.08. The monoisotopic (exact) mass is 304 g/mol. The lowest BCUT2D eigenvalue weighted by Crippen LogP contribution is -2.09. The lowest BCUT2D eigenvalue weighted by molar-refractivity contribution is -0.133. The molecule has 0 aliphatic heterocycles. The van der Waals surface area contributed by atoms with Gasteiger partial charge in [-0.2, -0.15) is 0 Å². The fourth-order valence-corrected chi connectivity index (χ4v) is 2.84. The number of carbonyl (C=O) groups is 1. The number of aryl methyl sites for hydroxylation is 1. The van der Waals surface area contributed by atoms with Crippen LogP contribution in [0.1, 0.15) is 36.0 Å². The van der Waals surface area contributed by atoms with Gasteiger partial charge in [0, 0.05) is 11.6 Å². The summed E-state index contributed by atoms with van der Waals surface area (Å²) in [6, 6.07) is 5.90. The van der Waals surface area contributed by atoms with Crippen LogP contribution in [0.25, 0.3) is 0 Å². The van der Waals surface area contributed by atoms with Crippen LogP contribution in [0.5, 0.6) is 0 Å². The fourth-order valence-electron chi connectivity index (χ4n) is 2.17. The first-order valence-electron chi connectivity index (χ1n) is 6.83. The number of thioether (sulfide) groups is 1. The van der Waals surface area contributed by atoms with Gasteiger partial charge in [-0.25, -0.2) is 0 Å². The highest BCUT2D eigenvalue weighted by atomic mass is 32.2. The molecule has 1 fully saturated rings. The minimum atomic E-state index is -0.851. The molecule has 0 spiro atoms. The Balaban J connectivity index is 1.86. The Labute approximate surface area is 126 Å². The van der Waals surface area contributed by atoms with Crippen LogP contribution in [0.15, 0.2) is 23.4 Å². The number of aliphatic carboxylic acids is 1. The molecule has 2 heterocycles. The predicted molar refractivity (Wildman–Crippen MR) is 78.4 cm³/mol. The third kappa shape index (κ3) is 3.41. The van der Waals surface area contributed by atoms with Gasteiger partial charge in [0.1, 0.15) is 5.82 Å². The van der Waals surface area contributed by atoms with E-state index >= 15 is 0 Å². The highest BCUT2D eigenvalue weighted by molar-refractivity contribution is 7.99. The quantitative estimate of drug-likeness (QED) is 0.823. The van der Waals surface area contributed by atoms with Crippen LogP contribution in [0.3, 0.4) is 0 Å². The first-order valence-corrected chi connectivity index (χ1v) is 7.82. The lowest BCUT2D eigenvalue weighted by atomic mass is 10.3. The Morgan fingerprint density at radius 3 is 2.90 bits per heavy atom. The molecule has 0 atom stereocenters. The molecule has 0 amide bonds. The van der Waals surface area contributed by atoms with Gasteiger partial charge in [0.15, 0.2) is 5.16 Å². The molecule has 1 N–H and O–H groups in total. The van der Waals surface area contributed by atoms with E-state index < -0.39 is 5.97 Å². The molecule has 0 unspecified atom stereocenters. The van der Waals surface area contributed by atoms with Crippen molar-refractivity contribution in [2.75, 3.05) is 5.75 Å². The van der Waals surface area contributed by atoms with E-state index in [1.165, 1.54) is 11.8 Å². The van der Waals surface area contributed by atoms with Crippen molar-refractivity contribution in [3.05, 3.63) is 35.4 Å². The van der Waals surface area contributed by atoms with Crippen molar-refractivity contribution in [3.63, 3.8) is 0 Å². The van der Waals surface area contributed by atoms with E-state index in [4.69, 9.17) is 5.11 Å². The van der Waals surface area contributed by atoms with Crippen molar-refractivity contribution < 1.29 is 9.90 Å². The standard InChI is InChI=1S/C14H16N4O2S/c1-9-3-2-4-11(15-9)7-18-13(10-5-6-10)16-17-14(18)21-8-12(19)20/h2-4,10H,5-8H2,1H3,(H,19,20). The third-order valence-electron chi connectivity index (χ3n) is 3.28. The minimum absolute atomic E-state index is 0.00987. The van der Waals surface area contributed by atoms with Crippen LogP contribution in [0.2, 0.25) is 0 Å². The molecule has 0 aromatic carbocycles. The van der Waals surface area contributed by atoms with Gasteiger partial charge in [-0.05, 0) is 31.9 Å². The summed E-state index contributed by atoms with van der Waals surface area (Å²) in [5, 5.41) is 17.9. The van der Waals surface area contributed by atoms with Crippen molar-refractivity contribution in [2.24, 2.45) is 0 Å². The first kappa shape index (κ1) is 14.1. The van der Waals surface area contributed by atoms with Crippen LogP contribution in [0.4, 0.5) is 0 Å². The summed E-state index contributed by atoms with van der Waals surface area (Å²) in [4.78, 5) is 15.3. The Morgan fingerprint density at radius 2 is 2.24 bits per heavy atom. The van der Waals surface area contributed by atoms with Crippen LogP contribution >= 0.6 is 11.8 Å². The summed E-state index contributed by atoms with van der Waals surface area (Å²) in [6.45, 7) is 2.54. The molecule has 2 aromatic heterocycles. The van der Waals surface area contributed by atoms with Gasteiger partial charge in [-0.15, -0.1) is 10.2 Å². The maximum Gasteiger partial charge on any atom is 0.313 e. The summed E-state index contributed by atoms with van der Waals surface area (Å²) >= 11 is 1.21. The number of carboxylic acid groups (broad SMARTS) is 1. The molecule has 7 heteroatoms. The second-order valence-corrected chi connectivity index (χ2v) is 6.10. The topological polar surface area (TPSA) is 80.9 Å². The second-order valence-electron chi connectivity index (χ2n) is 5.15. The van der Waals surface area contributed by atoms with Crippen LogP contribution < -0.4 is 0 Å². The second kappa shape index (κ2) is 5.85. The molecular formula is C14H16N4O2S. The number of aromatic nitrogens is 4. The molecule has 0 radical (unpaired) electrons. The molecule has 3 rings (SSSR count). The number of hydrogen-bond donors (Lipinski definition) is 1. The Morgan fingerprint density at radius 1 is 1.43 bits per heavy atom. The van der Waals surface area contributed by atoms with E-state index in [9.17, 15) is 4.79 Å².